The van der Waals surface area contributed by atoms with Crippen LogP contribution in [0.1, 0.15) is 11.1 Å². The molecule has 138 valence electrons. The monoisotopic (exact) mass is 365 g/mol. The van der Waals surface area contributed by atoms with Crippen LogP contribution >= 0.6 is 0 Å². The molecular formula is C25H23N3. The lowest BCUT2D eigenvalue weighted by Crippen LogP contribution is -2.33. The van der Waals surface area contributed by atoms with E-state index in [0.29, 0.717) is 5.96 Å². The van der Waals surface area contributed by atoms with Gasteiger partial charge in [0.2, 0.25) is 5.96 Å². The maximum atomic E-state index is 6.35. The highest BCUT2D eigenvalue weighted by atomic mass is 15.2. The number of fused-ring (bicyclic) bond motifs is 1. The Hall–Kier alpha value is -3.59. The molecule has 0 aliphatic carbocycles. The van der Waals surface area contributed by atoms with E-state index >= 15 is 0 Å². The fraction of sp³-hybridized carbons (Fsp3) is 0.0800. The van der Waals surface area contributed by atoms with Crippen LogP contribution in [0.5, 0.6) is 0 Å². The Morgan fingerprint density at radius 2 is 1.46 bits per heavy atom. The Morgan fingerprint density at radius 1 is 0.786 bits per heavy atom. The van der Waals surface area contributed by atoms with Gasteiger partial charge in [-0.15, -0.1) is 0 Å². The largest absolute Gasteiger partial charge is 0.369 e. The van der Waals surface area contributed by atoms with Crippen molar-refractivity contribution in [3.8, 4) is 0 Å². The molecule has 0 aliphatic heterocycles. The molecule has 0 saturated heterocycles. The van der Waals surface area contributed by atoms with Crippen molar-refractivity contribution < 1.29 is 0 Å². The van der Waals surface area contributed by atoms with Gasteiger partial charge in [0.25, 0.3) is 0 Å². The quantitative estimate of drug-likeness (QED) is 0.382. The highest BCUT2D eigenvalue weighted by Gasteiger charge is 2.08. The average Bonchev–Trinajstić information content (AvgIpc) is 2.74. The summed E-state index contributed by atoms with van der Waals surface area (Å²) in [5.41, 5.74) is 10.8. The minimum absolute atomic E-state index is 0.466. The van der Waals surface area contributed by atoms with Gasteiger partial charge in [-0.1, -0.05) is 78.9 Å². The summed E-state index contributed by atoms with van der Waals surface area (Å²) >= 11 is 0. The summed E-state index contributed by atoms with van der Waals surface area (Å²) in [6.07, 6.45) is 0.892. The van der Waals surface area contributed by atoms with Gasteiger partial charge in [0.15, 0.2) is 0 Å². The zero-order valence-electron chi connectivity index (χ0n) is 15.9. The van der Waals surface area contributed by atoms with E-state index in [1.54, 1.807) is 0 Å². The number of hydrogen-bond acceptors (Lipinski definition) is 1. The first-order valence-electron chi connectivity index (χ1n) is 9.39. The van der Waals surface area contributed by atoms with Gasteiger partial charge < -0.3 is 10.6 Å². The molecule has 0 aromatic heterocycles. The standard InChI is InChI=1S/C25H23N3/c1-28(22-14-7-11-20(18-22)17-19-9-3-2-4-10-19)25(26)27-24-16-8-13-21-12-5-6-15-23(21)24/h2-16,18H,17H2,1H3,(H2,26,27). The van der Waals surface area contributed by atoms with E-state index < -0.39 is 0 Å². The molecular weight excluding hydrogens is 342 g/mol. The molecule has 0 unspecified atom stereocenters. The average molecular weight is 365 g/mol. The van der Waals surface area contributed by atoms with Crippen LogP contribution in [0.4, 0.5) is 11.4 Å². The lowest BCUT2D eigenvalue weighted by molar-refractivity contribution is 1.16. The summed E-state index contributed by atoms with van der Waals surface area (Å²) in [6, 6.07) is 33.2. The zero-order valence-corrected chi connectivity index (χ0v) is 15.9. The molecule has 0 saturated carbocycles. The Bertz CT molecular complexity index is 1110. The highest BCUT2D eigenvalue weighted by Crippen LogP contribution is 2.26. The first kappa shape index (κ1) is 17.8. The molecule has 3 heteroatoms. The van der Waals surface area contributed by atoms with Crippen LogP contribution < -0.4 is 10.6 Å². The minimum atomic E-state index is 0.466. The van der Waals surface area contributed by atoms with Crippen LogP contribution in [0.15, 0.2) is 102 Å². The summed E-state index contributed by atoms with van der Waals surface area (Å²) in [5, 5.41) is 2.25. The van der Waals surface area contributed by atoms with Crippen molar-refractivity contribution >= 4 is 28.1 Å². The molecule has 0 bridgehead atoms. The predicted molar refractivity (Wildman–Crippen MR) is 119 cm³/mol. The fourth-order valence-electron chi connectivity index (χ4n) is 3.34. The van der Waals surface area contributed by atoms with E-state index in [-0.39, 0.29) is 0 Å². The molecule has 0 fully saturated rings. The van der Waals surface area contributed by atoms with Crippen molar-refractivity contribution in [3.63, 3.8) is 0 Å². The number of rotatable bonds is 4. The minimum Gasteiger partial charge on any atom is -0.369 e. The van der Waals surface area contributed by atoms with Gasteiger partial charge in [-0.05, 0) is 41.1 Å². The van der Waals surface area contributed by atoms with E-state index in [4.69, 9.17) is 10.7 Å². The predicted octanol–water partition coefficient (Wildman–Crippen LogP) is 5.51. The van der Waals surface area contributed by atoms with Gasteiger partial charge in [0.1, 0.15) is 0 Å². The second kappa shape index (κ2) is 7.97. The van der Waals surface area contributed by atoms with Gasteiger partial charge in [0, 0.05) is 18.1 Å². The molecule has 0 atom stereocenters. The topological polar surface area (TPSA) is 41.6 Å². The number of benzene rings is 4. The van der Waals surface area contributed by atoms with E-state index in [1.165, 1.54) is 11.1 Å². The van der Waals surface area contributed by atoms with Crippen molar-refractivity contribution in [2.24, 2.45) is 10.7 Å². The second-order valence-electron chi connectivity index (χ2n) is 6.86. The first-order valence-corrected chi connectivity index (χ1v) is 9.39. The maximum Gasteiger partial charge on any atom is 0.200 e. The van der Waals surface area contributed by atoms with Crippen LogP contribution in [0, 0.1) is 0 Å². The van der Waals surface area contributed by atoms with Crippen molar-refractivity contribution in [2.75, 3.05) is 11.9 Å². The van der Waals surface area contributed by atoms with Crippen molar-refractivity contribution in [1.29, 1.82) is 0 Å². The third kappa shape index (κ3) is 3.89. The smallest absolute Gasteiger partial charge is 0.200 e. The van der Waals surface area contributed by atoms with Crippen LogP contribution in [0.2, 0.25) is 0 Å². The SMILES string of the molecule is CN(C(N)=Nc1cccc2ccccc12)c1cccc(Cc2ccccc2)c1. The van der Waals surface area contributed by atoms with Crippen LogP contribution in [-0.2, 0) is 6.42 Å². The Morgan fingerprint density at radius 3 is 2.32 bits per heavy atom. The maximum absolute atomic E-state index is 6.35. The van der Waals surface area contributed by atoms with Gasteiger partial charge in [-0.25, -0.2) is 4.99 Å². The van der Waals surface area contributed by atoms with Gasteiger partial charge in [-0.3, -0.25) is 0 Å². The molecule has 4 rings (SSSR count). The molecule has 2 N–H and O–H groups in total. The molecule has 0 spiro atoms. The number of nitrogens with zero attached hydrogens (tertiary/aromatic N) is 2. The number of hydrogen-bond donors (Lipinski definition) is 1. The van der Waals surface area contributed by atoms with Crippen LogP contribution in [-0.4, -0.2) is 13.0 Å². The molecule has 0 amide bonds. The van der Waals surface area contributed by atoms with E-state index in [1.807, 2.05) is 42.3 Å². The fourth-order valence-corrected chi connectivity index (χ4v) is 3.34. The third-order valence-electron chi connectivity index (χ3n) is 4.89. The second-order valence-corrected chi connectivity index (χ2v) is 6.86. The van der Waals surface area contributed by atoms with E-state index in [0.717, 1.165) is 28.6 Å². The number of guanidine groups is 1. The summed E-state index contributed by atoms with van der Waals surface area (Å²) in [4.78, 5) is 6.62. The Balaban J connectivity index is 1.61. The zero-order chi connectivity index (χ0) is 19.3. The lowest BCUT2D eigenvalue weighted by Gasteiger charge is -2.19. The highest BCUT2D eigenvalue weighted by molar-refractivity contribution is 6.00. The number of nitrogens with two attached hydrogens (primary N) is 1. The van der Waals surface area contributed by atoms with Crippen molar-refractivity contribution in [2.45, 2.75) is 6.42 Å². The van der Waals surface area contributed by atoms with Crippen LogP contribution in [0.25, 0.3) is 10.8 Å². The summed E-state index contributed by atoms with van der Waals surface area (Å²) in [7, 11) is 1.95. The molecule has 0 heterocycles. The number of anilines is 1. The summed E-state index contributed by atoms with van der Waals surface area (Å²) < 4.78 is 0. The molecule has 3 nitrogen and oxygen atoms in total. The normalized spacial score (nSPS) is 11.5. The third-order valence-corrected chi connectivity index (χ3v) is 4.89. The van der Waals surface area contributed by atoms with Crippen molar-refractivity contribution in [1.82, 2.24) is 0 Å². The van der Waals surface area contributed by atoms with Crippen molar-refractivity contribution in [3.05, 3.63) is 108 Å². The van der Waals surface area contributed by atoms with Gasteiger partial charge >= 0.3 is 0 Å². The van der Waals surface area contributed by atoms with E-state index in [2.05, 4.69) is 66.7 Å². The van der Waals surface area contributed by atoms with Gasteiger partial charge in [-0.2, -0.15) is 0 Å². The molecule has 4 aromatic rings. The number of aliphatic imine (C=N–C) groups is 1. The lowest BCUT2D eigenvalue weighted by atomic mass is 10.0. The Labute approximate surface area is 165 Å². The molecule has 28 heavy (non-hydrogen) atoms. The van der Waals surface area contributed by atoms with Crippen LogP contribution in [0.3, 0.4) is 0 Å². The van der Waals surface area contributed by atoms with E-state index in [9.17, 15) is 0 Å². The molecule has 4 aromatic carbocycles. The molecule has 0 aliphatic rings. The first-order chi connectivity index (χ1) is 13.7. The molecule has 0 radical (unpaired) electrons. The van der Waals surface area contributed by atoms with Gasteiger partial charge in [0.05, 0.1) is 5.69 Å². The summed E-state index contributed by atoms with van der Waals surface area (Å²) in [6.45, 7) is 0. The Kier molecular flexibility index (Phi) is 5.07. The summed E-state index contributed by atoms with van der Waals surface area (Å²) in [5.74, 6) is 0.466.